The summed E-state index contributed by atoms with van der Waals surface area (Å²) in [6.07, 6.45) is -4.29. The standard InChI is InChI=1S/C28H40N2O8/c1-16(18-7-4-3-5-8-18)30-23(14-33)27(37)28(24(30)15-34)38-20-10-6-9-19(11-20)17(2)29-21(12-31)25(35)26(36)22(29)13-32/h3-11,16-17,21-28,31-37H,12-15H2,1-2H3/t16-,17+,21-,22?,23-,24-,25-,26-,27-,28-/m1/s1. The summed E-state index contributed by atoms with van der Waals surface area (Å²) < 4.78 is 6.26. The van der Waals surface area contributed by atoms with Crippen LogP contribution in [-0.4, -0.2) is 121 Å². The minimum Gasteiger partial charge on any atom is -0.486 e. The molecule has 38 heavy (non-hydrogen) atoms. The molecule has 210 valence electrons. The zero-order valence-corrected chi connectivity index (χ0v) is 21.7. The molecule has 0 spiro atoms. The maximum absolute atomic E-state index is 11.2. The smallest absolute Gasteiger partial charge is 0.144 e. The largest absolute Gasteiger partial charge is 0.486 e. The van der Waals surface area contributed by atoms with Crippen molar-refractivity contribution < 1.29 is 40.5 Å². The summed E-state index contributed by atoms with van der Waals surface area (Å²) in [5.74, 6) is 0.434. The molecule has 10 heteroatoms. The fourth-order valence-electron chi connectivity index (χ4n) is 6.28. The molecule has 2 aromatic rings. The summed E-state index contributed by atoms with van der Waals surface area (Å²) in [5, 5.41) is 72.2. The number of hydrogen-bond acceptors (Lipinski definition) is 10. The van der Waals surface area contributed by atoms with Crippen molar-refractivity contribution in [3.8, 4) is 5.75 Å². The normalized spacial score (nSPS) is 33.9. The summed E-state index contributed by atoms with van der Waals surface area (Å²) in [6.45, 7) is 2.44. The molecule has 4 rings (SSSR count). The SMILES string of the molecule is C[C@H](c1ccccc1)N1[C@H](CO)[C@@H](O)[C@H](Oc2cccc([C@H](C)N3C(CO)[C@@H](O)[C@H](O)[C@H]3CO)c2)[C@H]1CO. The van der Waals surface area contributed by atoms with Crippen molar-refractivity contribution in [2.24, 2.45) is 0 Å². The topological polar surface area (TPSA) is 157 Å². The quantitative estimate of drug-likeness (QED) is 0.211. The lowest BCUT2D eigenvalue weighted by atomic mass is 10.0. The van der Waals surface area contributed by atoms with Crippen LogP contribution in [0.1, 0.15) is 37.1 Å². The monoisotopic (exact) mass is 532 g/mol. The molecule has 2 aliphatic rings. The Balaban J connectivity index is 1.58. The first-order chi connectivity index (χ1) is 18.3. The highest BCUT2D eigenvalue weighted by Gasteiger charge is 2.51. The van der Waals surface area contributed by atoms with Gasteiger partial charge in [-0.15, -0.1) is 0 Å². The van der Waals surface area contributed by atoms with Crippen LogP contribution in [-0.2, 0) is 0 Å². The fourth-order valence-corrected chi connectivity index (χ4v) is 6.28. The van der Waals surface area contributed by atoms with Gasteiger partial charge in [0, 0.05) is 12.1 Å². The van der Waals surface area contributed by atoms with Crippen LogP contribution in [0, 0.1) is 0 Å². The Bertz CT molecular complexity index is 1010. The highest BCUT2D eigenvalue weighted by Crippen LogP contribution is 2.38. The Morgan fingerprint density at radius 2 is 1.11 bits per heavy atom. The van der Waals surface area contributed by atoms with E-state index in [9.17, 15) is 35.7 Å². The molecule has 10 nitrogen and oxygen atoms in total. The van der Waals surface area contributed by atoms with E-state index in [-0.39, 0.29) is 32.5 Å². The molecule has 0 aliphatic carbocycles. The Labute approximate surface area is 223 Å². The highest BCUT2D eigenvalue weighted by molar-refractivity contribution is 5.32. The van der Waals surface area contributed by atoms with Crippen molar-refractivity contribution in [1.29, 1.82) is 0 Å². The van der Waals surface area contributed by atoms with E-state index in [4.69, 9.17) is 4.74 Å². The Kier molecular flexibility index (Phi) is 9.40. The van der Waals surface area contributed by atoms with Gasteiger partial charge in [-0.1, -0.05) is 42.5 Å². The van der Waals surface area contributed by atoms with Crippen molar-refractivity contribution in [2.45, 2.75) is 74.5 Å². The lowest BCUT2D eigenvalue weighted by Crippen LogP contribution is -2.45. The van der Waals surface area contributed by atoms with Gasteiger partial charge in [-0.05, 0) is 37.1 Å². The van der Waals surface area contributed by atoms with Crippen molar-refractivity contribution in [1.82, 2.24) is 9.80 Å². The van der Waals surface area contributed by atoms with Crippen LogP contribution in [0.3, 0.4) is 0 Å². The predicted octanol–water partition coefficient (Wildman–Crippen LogP) is -0.586. The third-order valence-corrected chi connectivity index (χ3v) is 8.32. The van der Waals surface area contributed by atoms with Gasteiger partial charge in [0.2, 0.25) is 0 Å². The second-order valence-electron chi connectivity index (χ2n) is 10.3. The van der Waals surface area contributed by atoms with Gasteiger partial charge in [0.25, 0.3) is 0 Å². The minimum atomic E-state index is -1.20. The molecule has 2 heterocycles. The number of rotatable bonds is 10. The van der Waals surface area contributed by atoms with Crippen molar-refractivity contribution >= 4 is 0 Å². The van der Waals surface area contributed by atoms with E-state index >= 15 is 0 Å². The first-order valence-electron chi connectivity index (χ1n) is 13.1. The van der Waals surface area contributed by atoms with Gasteiger partial charge in [-0.3, -0.25) is 9.80 Å². The fraction of sp³-hybridized carbons (Fsp3) is 0.571. The summed E-state index contributed by atoms with van der Waals surface area (Å²) in [6, 6.07) is 13.5. The Morgan fingerprint density at radius 3 is 1.66 bits per heavy atom. The number of nitrogens with zero attached hydrogens (tertiary/aromatic N) is 2. The molecule has 7 N–H and O–H groups in total. The van der Waals surface area contributed by atoms with Gasteiger partial charge >= 0.3 is 0 Å². The number of aliphatic hydroxyl groups excluding tert-OH is 7. The second kappa shape index (κ2) is 12.4. The summed E-state index contributed by atoms with van der Waals surface area (Å²) in [4.78, 5) is 3.61. The first kappa shape index (κ1) is 28.9. The number of hydrogen-bond donors (Lipinski definition) is 7. The van der Waals surface area contributed by atoms with Crippen molar-refractivity contribution in [2.75, 3.05) is 26.4 Å². The zero-order chi connectivity index (χ0) is 27.6. The van der Waals surface area contributed by atoms with Crippen molar-refractivity contribution in [3.63, 3.8) is 0 Å². The maximum atomic E-state index is 11.2. The van der Waals surface area contributed by atoms with Crippen molar-refractivity contribution in [3.05, 3.63) is 65.7 Å². The average Bonchev–Trinajstić information content (AvgIpc) is 3.36. The van der Waals surface area contributed by atoms with Crippen LogP contribution < -0.4 is 4.74 Å². The van der Waals surface area contributed by atoms with Gasteiger partial charge in [0.1, 0.15) is 18.0 Å². The van der Waals surface area contributed by atoms with Crippen LogP contribution >= 0.6 is 0 Å². The molecule has 0 bridgehead atoms. The number of ether oxygens (including phenoxy) is 1. The van der Waals surface area contributed by atoms with Gasteiger partial charge in [0.05, 0.1) is 62.8 Å². The van der Waals surface area contributed by atoms with Crippen LogP contribution in [0.15, 0.2) is 54.6 Å². The molecule has 1 unspecified atom stereocenters. The first-order valence-corrected chi connectivity index (χ1v) is 13.1. The zero-order valence-electron chi connectivity index (χ0n) is 21.7. The van der Waals surface area contributed by atoms with E-state index in [1.807, 2.05) is 55.1 Å². The van der Waals surface area contributed by atoms with Gasteiger partial charge in [0.15, 0.2) is 0 Å². The lowest BCUT2D eigenvalue weighted by molar-refractivity contribution is 0.0130. The van der Waals surface area contributed by atoms with E-state index in [2.05, 4.69) is 0 Å². The Hall–Kier alpha value is -2.12. The third-order valence-electron chi connectivity index (χ3n) is 8.32. The Morgan fingerprint density at radius 1 is 0.632 bits per heavy atom. The molecule has 2 aromatic carbocycles. The number of aliphatic hydroxyl groups is 7. The van der Waals surface area contributed by atoms with Crippen LogP contribution in [0.25, 0.3) is 0 Å². The minimum absolute atomic E-state index is 0.195. The average molecular weight is 533 g/mol. The van der Waals surface area contributed by atoms with Gasteiger partial charge in [-0.2, -0.15) is 0 Å². The molecule has 10 atom stereocenters. The van der Waals surface area contributed by atoms with E-state index in [1.165, 1.54) is 0 Å². The van der Waals surface area contributed by atoms with E-state index in [0.29, 0.717) is 5.75 Å². The van der Waals surface area contributed by atoms with Gasteiger partial charge < -0.3 is 40.5 Å². The van der Waals surface area contributed by atoms with Gasteiger partial charge in [-0.25, -0.2) is 0 Å². The molecular weight excluding hydrogens is 492 g/mol. The highest BCUT2D eigenvalue weighted by atomic mass is 16.5. The van der Waals surface area contributed by atoms with E-state index in [0.717, 1.165) is 11.1 Å². The second-order valence-corrected chi connectivity index (χ2v) is 10.3. The predicted molar refractivity (Wildman–Crippen MR) is 139 cm³/mol. The molecule has 2 saturated heterocycles. The molecule has 2 fully saturated rings. The molecule has 0 amide bonds. The van der Waals surface area contributed by atoms with E-state index < -0.39 is 54.6 Å². The number of likely N-dealkylation sites (tertiary alicyclic amines) is 2. The molecule has 0 aromatic heterocycles. The summed E-state index contributed by atoms with van der Waals surface area (Å²) >= 11 is 0. The summed E-state index contributed by atoms with van der Waals surface area (Å²) in [7, 11) is 0. The molecule has 2 aliphatic heterocycles. The lowest BCUT2D eigenvalue weighted by Gasteiger charge is -2.35. The molecule has 0 radical (unpaired) electrons. The van der Waals surface area contributed by atoms with Crippen LogP contribution in [0.4, 0.5) is 0 Å². The molecular formula is C28H40N2O8. The van der Waals surface area contributed by atoms with Crippen LogP contribution in [0.2, 0.25) is 0 Å². The van der Waals surface area contributed by atoms with Crippen LogP contribution in [0.5, 0.6) is 5.75 Å². The van der Waals surface area contributed by atoms with E-state index in [1.54, 1.807) is 23.1 Å². The third kappa shape index (κ3) is 5.21. The summed E-state index contributed by atoms with van der Waals surface area (Å²) in [5.41, 5.74) is 1.74. The number of benzene rings is 2. The maximum Gasteiger partial charge on any atom is 0.144 e. The molecule has 0 saturated carbocycles.